The van der Waals surface area contributed by atoms with Crippen LogP contribution >= 0.6 is 11.6 Å². The number of hydrogen-bond donors (Lipinski definition) is 1. The van der Waals surface area contributed by atoms with Crippen molar-refractivity contribution < 1.29 is 4.79 Å². The lowest BCUT2D eigenvalue weighted by Gasteiger charge is -2.34. The van der Waals surface area contributed by atoms with Gasteiger partial charge in [-0.3, -0.25) is 9.69 Å². The number of carbonyl (C=O) groups excluding carboxylic acids is 1. The summed E-state index contributed by atoms with van der Waals surface area (Å²) in [6.45, 7) is 3.58. The fourth-order valence-corrected chi connectivity index (χ4v) is 2.75. The van der Waals surface area contributed by atoms with Gasteiger partial charge in [-0.2, -0.15) is 0 Å². The number of hydrogen-bond acceptors (Lipinski definition) is 3. The van der Waals surface area contributed by atoms with E-state index in [1.165, 1.54) is 12.8 Å². The molecule has 0 bridgehead atoms. The van der Waals surface area contributed by atoms with E-state index in [-0.39, 0.29) is 5.91 Å². The average molecular weight is 280 g/mol. The number of carbonyl (C=O) groups is 1. The van der Waals surface area contributed by atoms with Crippen LogP contribution in [0.4, 0.5) is 5.69 Å². The summed E-state index contributed by atoms with van der Waals surface area (Å²) in [5, 5.41) is 0.447. The Morgan fingerprint density at radius 2 is 1.89 bits per heavy atom. The van der Waals surface area contributed by atoms with Crippen molar-refractivity contribution in [2.24, 2.45) is 0 Å². The quantitative estimate of drug-likeness (QED) is 0.841. The minimum absolute atomic E-state index is 0.0531. The van der Waals surface area contributed by atoms with Gasteiger partial charge in [0.1, 0.15) is 0 Å². The molecule has 2 aliphatic rings. The maximum absolute atomic E-state index is 12.4. The second-order valence-corrected chi connectivity index (χ2v) is 5.70. The maximum atomic E-state index is 12.4. The summed E-state index contributed by atoms with van der Waals surface area (Å²) in [5.41, 5.74) is 6.80. The van der Waals surface area contributed by atoms with E-state index in [0.29, 0.717) is 16.3 Å². The monoisotopic (exact) mass is 279 g/mol. The summed E-state index contributed by atoms with van der Waals surface area (Å²) in [4.78, 5) is 16.8. The van der Waals surface area contributed by atoms with Crippen molar-refractivity contribution in [1.82, 2.24) is 9.80 Å². The Labute approximate surface area is 118 Å². The third-order valence-corrected chi connectivity index (χ3v) is 4.24. The average Bonchev–Trinajstić information content (AvgIpc) is 3.26. The molecular weight excluding hydrogens is 262 g/mol. The molecule has 0 unspecified atom stereocenters. The Balaban J connectivity index is 1.65. The number of amides is 1. The second-order valence-electron chi connectivity index (χ2n) is 5.30. The Kier molecular flexibility index (Phi) is 3.37. The molecule has 0 radical (unpaired) electrons. The van der Waals surface area contributed by atoms with E-state index in [2.05, 4.69) is 4.90 Å². The number of nitrogens with zero attached hydrogens (tertiary/aromatic N) is 2. The van der Waals surface area contributed by atoms with Gasteiger partial charge in [-0.15, -0.1) is 0 Å². The third-order valence-electron chi connectivity index (χ3n) is 3.91. The minimum atomic E-state index is 0.0531. The van der Waals surface area contributed by atoms with Gasteiger partial charge in [0, 0.05) is 37.8 Å². The van der Waals surface area contributed by atoms with Crippen LogP contribution in [0.2, 0.25) is 5.02 Å². The first-order chi connectivity index (χ1) is 9.15. The molecule has 2 N–H and O–H groups in total. The van der Waals surface area contributed by atoms with Gasteiger partial charge in [0.05, 0.1) is 10.7 Å². The topological polar surface area (TPSA) is 49.6 Å². The van der Waals surface area contributed by atoms with Crippen molar-refractivity contribution in [3.05, 3.63) is 28.8 Å². The minimum Gasteiger partial charge on any atom is -0.398 e. The van der Waals surface area contributed by atoms with Crippen molar-refractivity contribution >= 4 is 23.2 Å². The van der Waals surface area contributed by atoms with E-state index in [9.17, 15) is 4.79 Å². The van der Waals surface area contributed by atoms with Crippen LogP contribution in [0.15, 0.2) is 18.2 Å². The predicted molar refractivity (Wildman–Crippen MR) is 76.4 cm³/mol. The van der Waals surface area contributed by atoms with Crippen molar-refractivity contribution in [1.29, 1.82) is 0 Å². The highest BCUT2D eigenvalue weighted by molar-refractivity contribution is 6.33. The van der Waals surface area contributed by atoms with Gasteiger partial charge in [-0.1, -0.05) is 11.6 Å². The molecule has 1 aliphatic carbocycles. The van der Waals surface area contributed by atoms with Crippen LogP contribution in [0.1, 0.15) is 23.2 Å². The molecule has 1 heterocycles. The SMILES string of the molecule is Nc1ccc(C(=O)N2CCN(C3CC3)CC2)cc1Cl. The molecule has 2 fully saturated rings. The van der Waals surface area contributed by atoms with Crippen LogP contribution < -0.4 is 5.73 Å². The molecule has 5 heteroatoms. The Morgan fingerprint density at radius 3 is 2.47 bits per heavy atom. The van der Waals surface area contributed by atoms with Crippen LogP contribution in [0, 0.1) is 0 Å². The molecule has 1 saturated heterocycles. The lowest BCUT2D eigenvalue weighted by molar-refractivity contribution is 0.0627. The number of anilines is 1. The first-order valence-electron chi connectivity index (χ1n) is 6.73. The molecule has 1 aliphatic heterocycles. The van der Waals surface area contributed by atoms with E-state index in [1.807, 2.05) is 4.90 Å². The van der Waals surface area contributed by atoms with Gasteiger partial charge in [0.25, 0.3) is 5.91 Å². The highest BCUT2D eigenvalue weighted by Gasteiger charge is 2.32. The molecule has 1 aromatic carbocycles. The normalized spacial score (nSPS) is 20.6. The number of nitrogen functional groups attached to an aromatic ring is 1. The van der Waals surface area contributed by atoms with Crippen LogP contribution in [0.3, 0.4) is 0 Å². The van der Waals surface area contributed by atoms with Crippen LogP contribution in [0.5, 0.6) is 0 Å². The van der Waals surface area contributed by atoms with E-state index >= 15 is 0 Å². The van der Waals surface area contributed by atoms with Gasteiger partial charge in [-0.05, 0) is 31.0 Å². The Morgan fingerprint density at radius 1 is 1.21 bits per heavy atom. The van der Waals surface area contributed by atoms with Crippen molar-refractivity contribution in [2.45, 2.75) is 18.9 Å². The molecule has 3 rings (SSSR count). The molecule has 0 atom stereocenters. The van der Waals surface area contributed by atoms with Gasteiger partial charge in [0.2, 0.25) is 0 Å². The highest BCUT2D eigenvalue weighted by Crippen LogP contribution is 2.28. The molecule has 1 saturated carbocycles. The second kappa shape index (κ2) is 5.02. The summed E-state index contributed by atoms with van der Waals surface area (Å²) in [7, 11) is 0. The summed E-state index contributed by atoms with van der Waals surface area (Å²) < 4.78 is 0. The molecule has 19 heavy (non-hydrogen) atoms. The zero-order chi connectivity index (χ0) is 13.4. The number of rotatable bonds is 2. The third kappa shape index (κ3) is 2.69. The lowest BCUT2D eigenvalue weighted by atomic mass is 10.1. The van der Waals surface area contributed by atoms with E-state index < -0.39 is 0 Å². The number of nitrogens with two attached hydrogens (primary N) is 1. The fraction of sp³-hybridized carbons (Fsp3) is 0.500. The van der Waals surface area contributed by atoms with Crippen molar-refractivity contribution in [2.75, 3.05) is 31.9 Å². The Bertz CT molecular complexity index is 493. The summed E-state index contributed by atoms with van der Waals surface area (Å²) in [6.07, 6.45) is 2.64. The van der Waals surface area contributed by atoms with Gasteiger partial charge < -0.3 is 10.6 Å². The van der Waals surface area contributed by atoms with Gasteiger partial charge in [-0.25, -0.2) is 0 Å². The van der Waals surface area contributed by atoms with Crippen LogP contribution in [-0.4, -0.2) is 47.9 Å². The smallest absolute Gasteiger partial charge is 0.253 e. The molecule has 0 spiro atoms. The first kappa shape index (κ1) is 12.8. The maximum Gasteiger partial charge on any atom is 0.253 e. The zero-order valence-electron chi connectivity index (χ0n) is 10.8. The molecule has 4 nitrogen and oxygen atoms in total. The number of halogens is 1. The van der Waals surface area contributed by atoms with Gasteiger partial charge in [0.15, 0.2) is 0 Å². The van der Waals surface area contributed by atoms with E-state index in [4.69, 9.17) is 17.3 Å². The first-order valence-corrected chi connectivity index (χ1v) is 7.11. The molecular formula is C14H18ClN3O. The standard InChI is InChI=1S/C14H18ClN3O/c15-12-9-10(1-4-13(12)16)14(19)18-7-5-17(6-8-18)11-2-3-11/h1,4,9,11H,2-3,5-8,16H2. The van der Waals surface area contributed by atoms with E-state index in [0.717, 1.165) is 32.2 Å². The summed E-state index contributed by atoms with van der Waals surface area (Å²) >= 11 is 5.97. The largest absolute Gasteiger partial charge is 0.398 e. The lowest BCUT2D eigenvalue weighted by Crippen LogP contribution is -2.49. The number of benzene rings is 1. The summed E-state index contributed by atoms with van der Waals surface area (Å²) in [6, 6.07) is 5.88. The van der Waals surface area contributed by atoms with Crippen molar-refractivity contribution in [3.63, 3.8) is 0 Å². The molecule has 0 aromatic heterocycles. The molecule has 102 valence electrons. The predicted octanol–water partition coefficient (Wildman–Crippen LogP) is 1.84. The number of piperazine rings is 1. The van der Waals surface area contributed by atoms with Crippen LogP contribution in [0.25, 0.3) is 0 Å². The fourth-order valence-electron chi connectivity index (χ4n) is 2.57. The van der Waals surface area contributed by atoms with Gasteiger partial charge >= 0.3 is 0 Å². The highest BCUT2D eigenvalue weighted by atomic mass is 35.5. The van der Waals surface area contributed by atoms with E-state index in [1.54, 1.807) is 18.2 Å². The zero-order valence-corrected chi connectivity index (χ0v) is 11.6. The molecule has 1 aromatic rings. The van der Waals surface area contributed by atoms with Crippen LogP contribution in [-0.2, 0) is 0 Å². The summed E-state index contributed by atoms with van der Waals surface area (Å²) in [5.74, 6) is 0.0531. The molecule has 1 amide bonds. The van der Waals surface area contributed by atoms with Crippen molar-refractivity contribution in [3.8, 4) is 0 Å². The Hall–Kier alpha value is -1.26.